The van der Waals surface area contributed by atoms with Crippen LogP contribution in [-0.4, -0.2) is 35.7 Å². The van der Waals surface area contributed by atoms with E-state index in [-0.39, 0.29) is 6.03 Å². The quantitative estimate of drug-likeness (QED) is 0.839. The summed E-state index contributed by atoms with van der Waals surface area (Å²) >= 11 is 0. The number of ether oxygens (including phenoxy) is 1. The minimum atomic E-state index is -0.213. The van der Waals surface area contributed by atoms with Crippen LogP contribution < -0.4 is 5.73 Å². The number of carbonyl (C=O) groups excluding carboxylic acids is 1. The Labute approximate surface area is 123 Å². The Morgan fingerprint density at radius 3 is 2.20 bits per heavy atom. The molecule has 2 fully saturated rings. The van der Waals surface area contributed by atoms with Gasteiger partial charge in [0.15, 0.2) is 0 Å². The molecular weight excluding hydrogens is 252 g/mol. The molecule has 4 heteroatoms. The molecule has 0 aromatic rings. The number of hydrogen-bond donors (Lipinski definition) is 1. The van der Waals surface area contributed by atoms with Crippen molar-refractivity contribution in [2.75, 3.05) is 6.61 Å². The number of nitrogens with zero attached hydrogens (tertiary/aromatic N) is 1. The van der Waals surface area contributed by atoms with Gasteiger partial charge in [-0.3, -0.25) is 0 Å². The van der Waals surface area contributed by atoms with E-state index in [4.69, 9.17) is 10.5 Å². The molecule has 0 saturated heterocycles. The summed E-state index contributed by atoms with van der Waals surface area (Å²) < 4.78 is 5.83. The molecule has 0 unspecified atom stereocenters. The Bertz CT molecular complexity index is 295. The minimum absolute atomic E-state index is 0.213. The lowest BCUT2D eigenvalue weighted by Gasteiger charge is -2.41. The highest BCUT2D eigenvalue weighted by Crippen LogP contribution is 2.31. The third-order valence-corrected chi connectivity index (χ3v) is 4.82. The number of rotatable bonds is 5. The summed E-state index contributed by atoms with van der Waals surface area (Å²) in [6, 6.07) is 0.520. The van der Waals surface area contributed by atoms with Crippen molar-refractivity contribution in [2.45, 2.75) is 89.3 Å². The largest absolute Gasteiger partial charge is 0.378 e. The SMILES string of the molecule is CCCOC1CCC(N(C(N)=O)C2CCCCC2)CC1. The first kappa shape index (κ1) is 15.6. The smallest absolute Gasteiger partial charge is 0.315 e. The van der Waals surface area contributed by atoms with Crippen molar-refractivity contribution in [3.8, 4) is 0 Å². The summed E-state index contributed by atoms with van der Waals surface area (Å²) in [6.45, 7) is 3.00. The molecule has 0 bridgehead atoms. The number of primary amides is 1. The Morgan fingerprint density at radius 2 is 1.65 bits per heavy atom. The fourth-order valence-electron chi connectivity index (χ4n) is 3.79. The summed E-state index contributed by atoms with van der Waals surface area (Å²) in [4.78, 5) is 13.9. The van der Waals surface area contributed by atoms with Gasteiger partial charge in [0.05, 0.1) is 6.10 Å². The second-order valence-electron chi connectivity index (χ2n) is 6.34. The third-order valence-electron chi connectivity index (χ3n) is 4.82. The van der Waals surface area contributed by atoms with Crippen molar-refractivity contribution in [1.29, 1.82) is 0 Å². The molecule has 2 aliphatic carbocycles. The van der Waals surface area contributed by atoms with Crippen LogP contribution in [0.25, 0.3) is 0 Å². The monoisotopic (exact) mass is 282 g/mol. The van der Waals surface area contributed by atoms with Crippen molar-refractivity contribution in [3.63, 3.8) is 0 Å². The lowest BCUT2D eigenvalue weighted by molar-refractivity contribution is 0.00609. The van der Waals surface area contributed by atoms with Crippen LogP contribution in [0.1, 0.15) is 71.1 Å². The molecular formula is C16H30N2O2. The maximum atomic E-state index is 11.9. The molecule has 0 aliphatic heterocycles. The van der Waals surface area contributed by atoms with Crippen LogP contribution in [-0.2, 0) is 4.74 Å². The Kier molecular flexibility index (Phi) is 6.14. The van der Waals surface area contributed by atoms with Gasteiger partial charge in [0.1, 0.15) is 0 Å². The zero-order valence-corrected chi connectivity index (χ0v) is 12.9. The molecule has 2 aliphatic rings. The highest BCUT2D eigenvalue weighted by Gasteiger charge is 2.33. The fourth-order valence-corrected chi connectivity index (χ4v) is 3.79. The average Bonchev–Trinajstić information content (AvgIpc) is 2.47. The van der Waals surface area contributed by atoms with Crippen LogP contribution in [0.2, 0.25) is 0 Å². The predicted molar refractivity (Wildman–Crippen MR) is 80.6 cm³/mol. The highest BCUT2D eigenvalue weighted by molar-refractivity contribution is 5.72. The summed E-state index contributed by atoms with van der Waals surface area (Å²) in [5, 5.41) is 0. The van der Waals surface area contributed by atoms with Crippen molar-refractivity contribution >= 4 is 6.03 Å². The maximum absolute atomic E-state index is 11.9. The molecule has 0 heterocycles. The van der Waals surface area contributed by atoms with Crippen molar-refractivity contribution in [1.82, 2.24) is 4.90 Å². The van der Waals surface area contributed by atoms with Gasteiger partial charge in [0.25, 0.3) is 0 Å². The zero-order valence-electron chi connectivity index (χ0n) is 12.9. The van der Waals surface area contributed by atoms with E-state index in [2.05, 4.69) is 6.92 Å². The Morgan fingerprint density at radius 1 is 1.05 bits per heavy atom. The van der Waals surface area contributed by atoms with Crippen molar-refractivity contribution in [2.24, 2.45) is 5.73 Å². The number of nitrogens with two attached hydrogens (primary N) is 1. The number of carbonyl (C=O) groups is 1. The van der Waals surface area contributed by atoms with E-state index in [1.165, 1.54) is 19.3 Å². The zero-order chi connectivity index (χ0) is 14.4. The molecule has 4 nitrogen and oxygen atoms in total. The molecule has 116 valence electrons. The normalized spacial score (nSPS) is 28.2. The molecule has 0 aromatic heterocycles. The third kappa shape index (κ3) is 4.11. The second-order valence-corrected chi connectivity index (χ2v) is 6.34. The first-order valence-corrected chi connectivity index (χ1v) is 8.41. The molecule has 0 aromatic carbocycles. The van der Waals surface area contributed by atoms with E-state index in [1.807, 2.05) is 4.90 Å². The first-order valence-electron chi connectivity index (χ1n) is 8.41. The van der Waals surface area contributed by atoms with Gasteiger partial charge in [-0.1, -0.05) is 26.2 Å². The second kappa shape index (κ2) is 7.87. The number of amides is 2. The van der Waals surface area contributed by atoms with E-state index in [0.717, 1.165) is 51.6 Å². The maximum Gasteiger partial charge on any atom is 0.315 e. The van der Waals surface area contributed by atoms with Crippen molar-refractivity contribution in [3.05, 3.63) is 0 Å². The van der Waals surface area contributed by atoms with Gasteiger partial charge in [0, 0.05) is 18.7 Å². The fraction of sp³-hybridized carbons (Fsp3) is 0.938. The average molecular weight is 282 g/mol. The highest BCUT2D eigenvalue weighted by atomic mass is 16.5. The molecule has 2 amide bonds. The molecule has 0 atom stereocenters. The summed E-state index contributed by atoms with van der Waals surface area (Å²) in [7, 11) is 0. The van der Waals surface area contributed by atoms with Crippen LogP contribution >= 0.6 is 0 Å². The summed E-state index contributed by atoms with van der Waals surface area (Å²) in [6.07, 6.45) is 11.8. The van der Waals surface area contributed by atoms with Crippen LogP contribution in [0.5, 0.6) is 0 Å². The topological polar surface area (TPSA) is 55.6 Å². The van der Waals surface area contributed by atoms with Gasteiger partial charge in [-0.25, -0.2) is 4.79 Å². The summed E-state index contributed by atoms with van der Waals surface area (Å²) in [5.74, 6) is 0. The molecule has 2 saturated carbocycles. The molecule has 2 N–H and O–H groups in total. The number of urea groups is 1. The standard InChI is InChI=1S/C16H30N2O2/c1-2-12-20-15-10-8-14(9-11-15)18(16(17)19)13-6-4-3-5-7-13/h13-15H,2-12H2,1H3,(H2,17,19). The van der Waals surface area contributed by atoms with Gasteiger partial charge in [-0.15, -0.1) is 0 Å². The van der Waals surface area contributed by atoms with Gasteiger partial charge in [0.2, 0.25) is 0 Å². The van der Waals surface area contributed by atoms with Gasteiger partial charge < -0.3 is 15.4 Å². The number of hydrogen-bond acceptors (Lipinski definition) is 2. The van der Waals surface area contributed by atoms with Gasteiger partial charge in [-0.2, -0.15) is 0 Å². The van der Waals surface area contributed by atoms with E-state index in [9.17, 15) is 4.79 Å². The first-order chi connectivity index (χ1) is 9.72. The molecule has 2 rings (SSSR count). The van der Waals surface area contributed by atoms with E-state index < -0.39 is 0 Å². The van der Waals surface area contributed by atoms with Crippen LogP contribution in [0, 0.1) is 0 Å². The van der Waals surface area contributed by atoms with E-state index in [0.29, 0.717) is 18.2 Å². The van der Waals surface area contributed by atoms with E-state index in [1.54, 1.807) is 0 Å². The van der Waals surface area contributed by atoms with E-state index >= 15 is 0 Å². The van der Waals surface area contributed by atoms with Crippen molar-refractivity contribution < 1.29 is 9.53 Å². The van der Waals surface area contributed by atoms with Crippen LogP contribution in [0.3, 0.4) is 0 Å². The molecule has 0 radical (unpaired) electrons. The predicted octanol–water partition coefficient (Wildman–Crippen LogP) is 3.44. The Hall–Kier alpha value is -0.770. The lowest BCUT2D eigenvalue weighted by Crippen LogP contribution is -2.52. The van der Waals surface area contributed by atoms with Gasteiger partial charge >= 0.3 is 6.03 Å². The lowest BCUT2D eigenvalue weighted by atomic mass is 9.88. The minimum Gasteiger partial charge on any atom is -0.378 e. The van der Waals surface area contributed by atoms with Crippen LogP contribution in [0.15, 0.2) is 0 Å². The summed E-state index contributed by atoms with van der Waals surface area (Å²) in [5.41, 5.74) is 5.67. The molecule has 20 heavy (non-hydrogen) atoms. The van der Waals surface area contributed by atoms with Crippen LogP contribution in [0.4, 0.5) is 4.79 Å². The molecule has 0 spiro atoms. The van der Waals surface area contributed by atoms with Gasteiger partial charge in [-0.05, 0) is 44.9 Å². The Balaban J connectivity index is 1.86.